The van der Waals surface area contributed by atoms with Crippen LogP contribution in [0.5, 0.6) is 0 Å². The molecule has 0 aliphatic heterocycles. The molecule has 2 heterocycles. The Morgan fingerprint density at radius 1 is 0.974 bits per heavy atom. The average Bonchev–Trinajstić information content (AvgIpc) is 3.35. The molecule has 0 spiro atoms. The number of benzene rings is 2. The van der Waals surface area contributed by atoms with Crippen molar-refractivity contribution in [2.45, 2.75) is 52.5 Å². The Hall–Kier alpha value is -4.04. The van der Waals surface area contributed by atoms with Gasteiger partial charge in [0.25, 0.3) is 11.8 Å². The molecule has 0 atom stereocenters. The summed E-state index contributed by atoms with van der Waals surface area (Å²) in [6, 6.07) is 17.0. The number of nitrogens with one attached hydrogen (secondary N) is 3. The van der Waals surface area contributed by atoms with Crippen LogP contribution in [0.3, 0.4) is 0 Å². The van der Waals surface area contributed by atoms with E-state index in [-0.39, 0.29) is 17.9 Å². The number of hydrogen-bond donors (Lipinski definition) is 3. The molecule has 0 fully saturated rings. The highest BCUT2D eigenvalue weighted by molar-refractivity contribution is 7.14. The minimum atomic E-state index is -0.106. The average molecular weight is 526 g/mol. The third-order valence-corrected chi connectivity index (χ3v) is 7.79. The summed E-state index contributed by atoms with van der Waals surface area (Å²) in [5, 5.41) is 9.20. The van der Waals surface area contributed by atoms with E-state index in [1.807, 2.05) is 57.2 Å². The molecule has 3 N–H and O–H groups in total. The van der Waals surface area contributed by atoms with Crippen LogP contribution in [0, 0.1) is 6.92 Å². The van der Waals surface area contributed by atoms with Crippen molar-refractivity contribution < 1.29 is 9.59 Å². The number of aryl methyl sites for hydroxylation is 2. The van der Waals surface area contributed by atoms with E-state index in [1.165, 1.54) is 23.3 Å². The molecule has 0 bridgehead atoms. The van der Waals surface area contributed by atoms with E-state index >= 15 is 0 Å². The predicted molar refractivity (Wildman–Crippen MR) is 153 cm³/mol. The first-order valence-electron chi connectivity index (χ1n) is 12.9. The highest BCUT2D eigenvalue weighted by Gasteiger charge is 2.18. The number of rotatable bonds is 7. The topological polar surface area (TPSA) is 96.0 Å². The molecule has 0 unspecified atom stereocenters. The van der Waals surface area contributed by atoms with Crippen molar-refractivity contribution >= 4 is 40.5 Å². The summed E-state index contributed by atoms with van der Waals surface area (Å²) >= 11 is 1.61. The van der Waals surface area contributed by atoms with Gasteiger partial charge in [-0.05, 0) is 100 Å². The third kappa shape index (κ3) is 5.75. The number of fused-ring (bicyclic) bond motifs is 1. The number of aromatic nitrogens is 2. The van der Waals surface area contributed by atoms with E-state index in [0.717, 1.165) is 45.9 Å². The molecule has 194 valence electrons. The Morgan fingerprint density at radius 2 is 1.76 bits per heavy atom. The van der Waals surface area contributed by atoms with Crippen LogP contribution in [-0.4, -0.2) is 27.8 Å². The van der Waals surface area contributed by atoms with Gasteiger partial charge in [-0.15, -0.1) is 11.3 Å². The van der Waals surface area contributed by atoms with E-state index in [0.29, 0.717) is 11.5 Å². The zero-order valence-electron chi connectivity index (χ0n) is 21.8. The molecule has 38 heavy (non-hydrogen) atoms. The van der Waals surface area contributed by atoms with E-state index in [1.54, 1.807) is 29.7 Å². The maximum absolute atomic E-state index is 13.0. The first kappa shape index (κ1) is 25.6. The van der Waals surface area contributed by atoms with Crippen molar-refractivity contribution in [3.8, 4) is 11.3 Å². The lowest BCUT2D eigenvalue weighted by Gasteiger charge is -2.13. The summed E-state index contributed by atoms with van der Waals surface area (Å²) in [6.07, 6.45) is 6.24. The molecule has 2 amide bonds. The van der Waals surface area contributed by atoms with Crippen molar-refractivity contribution in [1.29, 1.82) is 0 Å². The molecule has 7 nitrogen and oxygen atoms in total. The number of hydrogen-bond acceptors (Lipinski definition) is 6. The Kier molecular flexibility index (Phi) is 7.51. The second-order valence-corrected chi connectivity index (χ2v) is 10.9. The van der Waals surface area contributed by atoms with Gasteiger partial charge in [-0.2, -0.15) is 0 Å². The van der Waals surface area contributed by atoms with Crippen LogP contribution in [-0.2, 0) is 12.8 Å². The lowest BCUT2D eigenvalue weighted by Crippen LogP contribution is -2.29. The van der Waals surface area contributed by atoms with Crippen molar-refractivity contribution in [2.75, 3.05) is 10.6 Å². The van der Waals surface area contributed by atoms with Crippen LogP contribution in [0.4, 0.5) is 17.3 Å². The second kappa shape index (κ2) is 11.1. The first-order valence-corrected chi connectivity index (χ1v) is 13.7. The van der Waals surface area contributed by atoms with Crippen molar-refractivity contribution in [3.63, 3.8) is 0 Å². The van der Waals surface area contributed by atoms with Gasteiger partial charge in [0, 0.05) is 39.6 Å². The second-order valence-electron chi connectivity index (χ2n) is 9.79. The number of anilines is 3. The third-order valence-electron chi connectivity index (χ3n) is 6.56. The van der Waals surface area contributed by atoms with Crippen molar-refractivity contribution in [1.82, 2.24) is 15.3 Å². The molecular weight excluding hydrogens is 494 g/mol. The SMILES string of the molecule is Cc1c(NC(=O)c2cc3c(s2)CCCC3)cccc1-c1ccnc(Nc2ccc(C(=O)NC(C)C)cc2)n1. The molecule has 0 saturated heterocycles. The van der Waals surface area contributed by atoms with Crippen LogP contribution in [0.2, 0.25) is 0 Å². The van der Waals surface area contributed by atoms with E-state index in [9.17, 15) is 9.59 Å². The van der Waals surface area contributed by atoms with Gasteiger partial charge in [0.2, 0.25) is 5.95 Å². The van der Waals surface area contributed by atoms with Crippen LogP contribution < -0.4 is 16.0 Å². The summed E-state index contributed by atoms with van der Waals surface area (Å²) in [7, 11) is 0. The zero-order valence-corrected chi connectivity index (χ0v) is 22.6. The first-order chi connectivity index (χ1) is 18.4. The highest BCUT2D eigenvalue weighted by Crippen LogP contribution is 2.32. The Labute approximate surface area is 226 Å². The summed E-state index contributed by atoms with van der Waals surface area (Å²) in [5.41, 5.74) is 6.06. The maximum Gasteiger partial charge on any atom is 0.265 e. The number of carbonyl (C=O) groups excluding carboxylic acids is 2. The van der Waals surface area contributed by atoms with Gasteiger partial charge in [-0.3, -0.25) is 9.59 Å². The quantitative estimate of drug-likeness (QED) is 0.255. The van der Waals surface area contributed by atoms with Gasteiger partial charge in [-0.1, -0.05) is 12.1 Å². The molecule has 1 aliphatic carbocycles. The van der Waals surface area contributed by atoms with Crippen LogP contribution >= 0.6 is 11.3 Å². The lowest BCUT2D eigenvalue weighted by atomic mass is 9.99. The molecule has 1 aliphatic rings. The van der Waals surface area contributed by atoms with E-state index in [4.69, 9.17) is 4.98 Å². The fourth-order valence-electron chi connectivity index (χ4n) is 4.58. The molecular formula is C30H31N5O2S. The maximum atomic E-state index is 13.0. The number of amides is 2. The summed E-state index contributed by atoms with van der Waals surface area (Å²) in [4.78, 5) is 36.4. The van der Waals surface area contributed by atoms with Gasteiger partial charge in [-0.25, -0.2) is 9.97 Å². The molecule has 2 aromatic carbocycles. The summed E-state index contributed by atoms with van der Waals surface area (Å²) in [5.74, 6) is 0.269. The number of carbonyl (C=O) groups is 2. The van der Waals surface area contributed by atoms with E-state index in [2.05, 4.69) is 27.0 Å². The normalized spacial score (nSPS) is 12.6. The van der Waals surface area contributed by atoms with Crippen LogP contribution in [0.1, 0.15) is 62.7 Å². The Balaban J connectivity index is 1.31. The molecule has 4 aromatic rings. The monoisotopic (exact) mass is 525 g/mol. The lowest BCUT2D eigenvalue weighted by molar-refractivity contribution is 0.0942. The van der Waals surface area contributed by atoms with E-state index < -0.39 is 0 Å². The fourth-order valence-corrected chi connectivity index (χ4v) is 5.73. The molecule has 0 saturated carbocycles. The highest BCUT2D eigenvalue weighted by atomic mass is 32.1. The largest absolute Gasteiger partial charge is 0.350 e. The standard InChI is InChI=1S/C30H31N5O2S/c1-18(2)32-28(36)20-11-13-22(14-12-20)33-30-31-16-15-25(35-30)23-8-6-9-24(19(23)3)34-29(37)27-17-21-7-4-5-10-26(21)38-27/h6,8-9,11-18H,4-5,7,10H2,1-3H3,(H,32,36)(H,34,37)(H,31,33,35). The summed E-state index contributed by atoms with van der Waals surface area (Å²) < 4.78 is 0. The Bertz CT molecular complexity index is 1450. The minimum Gasteiger partial charge on any atom is -0.350 e. The molecule has 8 heteroatoms. The molecule has 0 radical (unpaired) electrons. The van der Waals surface area contributed by atoms with Gasteiger partial charge in [0.05, 0.1) is 10.6 Å². The van der Waals surface area contributed by atoms with Crippen molar-refractivity contribution in [3.05, 3.63) is 87.2 Å². The van der Waals surface area contributed by atoms with Gasteiger partial charge in [0.1, 0.15) is 0 Å². The summed E-state index contributed by atoms with van der Waals surface area (Å²) in [6.45, 7) is 5.85. The predicted octanol–water partition coefficient (Wildman–Crippen LogP) is 6.53. The van der Waals surface area contributed by atoms with Gasteiger partial charge < -0.3 is 16.0 Å². The number of nitrogens with zero attached hydrogens (tertiary/aromatic N) is 2. The minimum absolute atomic E-state index is 0.0692. The van der Waals surface area contributed by atoms with Crippen LogP contribution in [0.15, 0.2) is 60.8 Å². The zero-order chi connectivity index (χ0) is 26.6. The van der Waals surface area contributed by atoms with Gasteiger partial charge in [0.15, 0.2) is 0 Å². The van der Waals surface area contributed by atoms with Crippen molar-refractivity contribution in [2.24, 2.45) is 0 Å². The fraction of sp³-hybridized carbons (Fsp3) is 0.267. The van der Waals surface area contributed by atoms with Gasteiger partial charge >= 0.3 is 0 Å². The number of thiophene rings is 1. The Morgan fingerprint density at radius 3 is 2.53 bits per heavy atom. The molecule has 2 aromatic heterocycles. The smallest absolute Gasteiger partial charge is 0.265 e. The molecule has 5 rings (SSSR count). The van der Waals surface area contributed by atoms with Crippen LogP contribution in [0.25, 0.3) is 11.3 Å².